The molecule has 1 saturated heterocycles. The van der Waals surface area contributed by atoms with Gasteiger partial charge in [0, 0.05) is 12.2 Å². The summed E-state index contributed by atoms with van der Waals surface area (Å²) in [7, 11) is 0. The molecule has 0 aromatic heterocycles. The van der Waals surface area contributed by atoms with E-state index in [2.05, 4.69) is 22.9 Å². The molecule has 0 saturated carbocycles. The van der Waals surface area contributed by atoms with Crippen LogP contribution in [-0.4, -0.2) is 24.4 Å². The highest BCUT2D eigenvalue weighted by atomic mass is 16.2. The molecule has 1 aliphatic rings. The molecule has 2 rings (SSSR count). The fourth-order valence-electron chi connectivity index (χ4n) is 2.11. The quantitative estimate of drug-likeness (QED) is 0.716. The van der Waals surface area contributed by atoms with Crippen molar-refractivity contribution >= 4 is 23.5 Å². The molecule has 112 valence electrons. The van der Waals surface area contributed by atoms with E-state index in [0.717, 1.165) is 19.3 Å². The Labute approximate surface area is 123 Å². The first-order valence-corrected chi connectivity index (χ1v) is 7.08. The number of rotatable bonds is 5. The standard InChI is InChI=1S/C15H19N3O3/c1-2-3-4-10-5-7-11(8-6-10)17-13(19)12-9-16-15(21)18-14(12)20/h5-8,12H,2-4,9H2,1H3,(H,17,19)(H2,16,18,20,21). The molecule has 21 heavy (non-hydrogen) atoms. The van der Waals surface area contributed by atoms with Crippen molar-refractivity contribution in [1.82, 2.24) is 10.6 Å². The average Bonchev–Trinajstić information content (AvgIpc) is 2.46. The molecule has 1 aliphatic heterocycles. The lowest BCUT2D eigenvalue weighted by Crippen LogP contribution is -2.55. The molecule has 6 heteroatoms. The lowest BCUT2D eigenvalue weighted by atomic mass is 10.1. The molecule has 1 unspecified atom stereocenters. The molecule has 6 nitrogen and oxygen atoms in total. The molecule has 3 N–H and O–H groups in total. The SMILES string of the molecule is CCCCc1ccc(NC(=O)C2CNC(=O)NC2=O)cc1. The second-order valence-electron chi connectivity index (χ2n) is 5.04. The molecule has 0 radical (unpaired) electrons. The van der Waals surface area contributed by atoms with E-state index in [1.54, 1.807) is 0 Å². The van der Waals surface area contributed by atoms with Crippen molar-refractivity contribution in [3.05, 3.63) is 29.8 Å². The van der Waals surface area contributed by atoms with Gasteiger partial charge in [0.15, 0.2) is 0 Å². The van der Waals surface area contributed by atoms with Crippen LogP contribution in [0.3, 0.4) is 0 Å². The summed E-state index contributed by atoms with van der Waals surface area (Å²) >= 11 is 0. The zero-order valence-electron chi connectivity index (χ0n) is 11.9. The minimum Gasteiger partial charge on any atom is -0.336 e. The summed E-state index contributed by atoms with van der Waals surface area (Å²) in [5, 5.41) is 7.20. The van der Waals surface area contributed by atoms with E-state index in [1.807, 2.05) is 24.3 Å². The van der Waals surface area contributed by atoms with Gasteiger partial charge in [-0.05, 0) is 30.5 Å². The third-order valence-electron chi connectivity index (χ3n) is 3.38. The number of aryl methyl sites for hydroxylation is 1. The number of anilines is 1. The zero-order chi connectivity index (χ0) is 15.2. The monoisotopic (exact) mass is 289 g/mol. The second kappa shape index (κ2) is 6.88. The van der Waals surface area contributed by atoms with Gasteiger partial charge in [0.1, 0.15) is 5.92 Å². The summed E-state index contributed by atoms with van der Waals surface area (Å²) in [6.07, 6.45) is 3.29. The Morgan fingerprint density at radius 3 is 2.62 bits per heavy atom. The topological polar surface area (TPSA) is 87.3 Å². The maximum atomic E-state index is 12.0. The Balaban J connectivity index is 1.93. The van der Waals surface area contributed by atoms with E-state index in [0.29, 0.717) is 5.69 Å². The molecule has 0 spiro atoms. The summed E-state index contributed by atoms with van der Waals surface area (Å²) in [5.41, 5.74) is 1.86. The van der Waals surface area contributed by atoms with Crippen LogP contribution in [0, 0.1) is 5.92 Å². The van der Waals surface area contributed by atoms with E-state index in [1.165, 1.54) is 5.56 Å². The lowest BCUT2D eigenvalue weighted by Gasteiger charge is -2.21. The molecule has 1 heterocycles. The predicted molar refractivity (Wildman–Crippen MR) is 78.7 cm³/mol. The number of hydrogen-bond donors (Lipinski definition) is 3. The van der Waals surface area contributed by atoms with E-state index in [4.69, 9.17) is 0 Å². The van der Waals surface area contributed by atoms with Crippen LogP contribution in [-0.2, 0) is 16.0 Å². The normalized spacial score (nSPS) is 17.9. The van der Waals surface area contributed by atoms with Gasteiger partial charge >= 0.3 is 6.03 Å². The van der Waals surface area contributed by atoms with Crippen molar-refractivity contribution in [2.45, 2.75) is 26.2 Å². The highest BCUT2D eigenvalue weighted by molar-refractivity contribution is 6.12. The number of amides is 4. The van der Waals surface area contributed by atoms with Gasteiger partial charge in [-0.15, -0.1) is 0 Å². The Hall–Kier alpha value is -2.37. The lowest BCUT2D eigenvalue weighted by molar-refractivity contribution is -0.132. The van der Waals surface area contributed by atoms with Gasteiger partial charge in [0.25, 0.3) is 0 Å². The Morgan fingerprint density at radius 2 is 2.00 bits per heavy atom. The van der Waals surface area contributed by atoms with Crippen LogP contribution >= 0.6 is 0 Å². The van der Waals surface area contributed by atoms with E-state index in [9.17, 15) is 14.4 Å². The first-order valence-electron chi connectivity index (χ1n) is 7.08. The maximum absolute atomic E-state index is 12.0. The first-order chi connectivity index (χ1) is 10.1. The van der Waals surface area contributed by atoms with Crippen molar-refractivity contribution in [3.8, 4) is 0 Å². The number of hydrogen-bond acceptors (Lipinski definition) is 3. The minimum absolute atomic E-state index is 0.0189. The largest absolute Gasteiger partial charge is 0.336 e. The van der Waals surface area contributed by atoms with Crippen LogP contribution in [0.5, 0.6) is 0 Å². The number of urea groups is 1. The number of benzene rings is 1. The molecular formula is C15H19N3O3. The molecule has 1 fully saturated rings. The molecule has 0 bridgehead atoms. The summed E-state index contributed by atoms with van der Waals surface area (Å²) < 4.78 is 0. The van der Waals surface area contributed by atoms with Gasteiger partial charge in [-0.1, -0.05) is 25.5 Å². The number of unbranched alkanes of at least 4 members (excludes halogenated alkanes) is 1. The van der Waals surface area contributed by atoms with Crippen LogP contribution < -0.4 is 16.0 Å². The van der Waals surface area contributed by atoms with E-state index in [-0.39, 0.29) is 6.54 Å². The first kappa shape index (κ1) is 15.0. The maximum Gasteiger partial charge on any atom is 0.321 e. The van der Waals surface area contributed by atoms with Crippen LogP contribution in [0.1, 0.15) is 25.3 Å². The van der Waals surface area contributed by atoms with Crippen LogP contribution in [0.2, 0.25) is 0 Å². The molecule has 1 atom stereocenters. The molecular weight excluding hydrogens is 270 g/mol. The smallest absolute Gasteiger partial charge is 0.321 e. The number of carbonyl (C=O) groups is 3. The van der Waals surface area contributed by atoms with E-state index < -0.39 is 23.8 Å². The number of nitrogens with one attached hydrogen (secondary N) is 3. The highest BCUT2D eigenvalue weighted by Crippen LogP contribution is 2.13. The van der Waals surface area contributed by atoms with Crippen molar-refractivity contribution in [3.63, 3.8) is 0 Å². The second-order valence-corrected chi connectivity index (χ2v) is 5.04. The number of imide groups is 1. The Kier molecular flexibility index (Phi) is 4.92. The van der Waals surface area contributed by atoms with Crippen LogP contribution in [0.4, 0.5) is 10.5 Å². The minimum atomic E-state index is -0.900. The highest BCUT2D eigenvalue weighted by Gasteiger charge is 2.32. The summed E-state index contributed by atoms with van der Waals surface area (Å²) in [6, 6.07) is 7.01. The van der Waals surface area contributed by atoms with Crippen molar-refractivity contribution in [2.75, 3.05) is 11.9 Å². The number of carbonyl (C=O) groups excluding carboxylic acids is 3. The Bertz CT molecular complexity index is 540. The third-order valence-corrected chi connectivity index (χ3v) is 3.38. The van der Waals surface area contributed by atoms with Gasteiger partial charge < -0.3 is 10.6 Å². The van der Waals surface area contributed by atoms with Gasteiger partial charge in [-0.2, -0.15) is 0 Å². The van der Waals surface area contributed by atoms with Gasteiger partial charge in [0.05, 0.1) is 0 Å². The fourth-order valence-corrected chi connectivity index (χ4v) is 2.11. The molecule has 4 amide bonds. The van der Waals surface area contributed by atoms with Crippen LogP contribution in [0.15, 0.2) is 24.3 Å². The van der Waals surface area contributed by atoms with Gasteiger partial charge in [0.2, 0.25) is 11.8 Å². The van der Waals surface area contributed by atoms with Crippen molar-refractivity contribution in [1.29, 1.82) is 0 Å². The summed E-state index contributed by atoms with van der Waals surface area (Å²) in [5.74, 6) is -1.90. The third kappa shape index (κ3) is 4.05. The molecule has 1 aromatic carbocycles. The Morgan fingerprint density at radius 1 is 1.29 bits per heavy atom. The molecule has 0 aliphatic carbocycles. The van der Waals surface area contributed by atoms with Crippen molar-refractivity contribution in [2.24, 2.45) is 5.92 Å². The van der Waals surface area contributed by atoms with Gasteiger partial charge in [-0.25, -0.2) is 4.79 Å². The average molecular weight is 289 g/mol. The summed E-state index contributed by atoms with van der Waals surface area (Å²) in [6.45, 7) is 2.16. The summed E-state index contributed by atoms with van der Waals surface area (Å²) in [4.78, 5) is 34.5. The van der Waals surface area contributed by atoms with E-state index >= 15 is 0 Å². The van der Waals surface area contributed by atoms with Crippen molar-refractivity contribution < 1.29 is 14.4 Å². The fraction of sp³-hybridized carbons (Fsp3) is 0.400. The predicted octanol–water partition coefficient (Wildman–Crippen LogP) is 1.42. The molecule has 1 aromatic rings. The zero-order valence-corrected chi connectivity index (χ0v) is 11.9. The van der Waals surface area contributed by atoms with Gasteiger partial charge in [-0.3, -0.25) is 14.9 Å². The van der Waals surface area contributed by atoms with Crippen LogP contribution in [0.25, 0.3) is 0 Å².